The maximum atomic E-state index is 13.0. The molecule has 0 aliphatic rings. The molecule has 0 bridgehead atoms. The van der Waals surface area contributed by atoms with Gasteiger partial charge in [-0.15, -0.1) is 0 Å². The Bertz CT molecular complexity index is 1640. The van der Waals surface area contributed by atoms with E-state index < -0.39 is 17.8 Å². The monoisotopic (exact) mass is 490 g/mol. The fourth-order valence-electron chi connectivity index (χ4n) is 3.86. The van der Waals surface area contributed by atoms with Gasteiger partial charge in [-0.25, -0.2) is 0 Å². The Kier molecular flexibility index (Phi) is 5.52. The van der Waals surface area contributed by atoms with Crippen molar-refractivity contribution < 1.29 is 18.0 Å². The molecule has 1 amide bonds. The molecular weight excluding hydrogens is 473 g/mol. The minimum absolute atomic E-state index is 0.131. The lowest BCUT2D eigenvalue weighted by atomic mass is 10.1. The number of halogens is 3. The molecule has 36 heavy (non-hydrogen) atoms. The first kappa shape index (κ1) is 22.9. The number of anilines is 1. The van der Waals surface area contributed by atoms with E-state index in [1.54, 1.807) is 47.3 Å². The van der Waals surface area contributed by atoms with E-state index in [4.69, 9.17) is 5.26 Å². The van der Waals surface area contributed by atoms with Gasteiger partial charge in [0.25, 0.3) is 5.91 Å². The van der Waals surface area contributed by atoms with Crippen molar-refractivity contribution in [1.29, 1.82) is 5.26 Å². The summed E-state index contributed by atoms with van der Waals surface area (Å²) in [6.45, 7) is 0.420. The number of H-pyrrole nitrogens is 1. The second kappa shape index (κ2) is 8.70. The van der Waals surface area contributed by atoms with Crippen molar-refractivity contribution >= 4 is 22.5 Å². The summed E-state index contributed by atoms with van der Waals surface area (Å²) in [7, 11) is 1.43. The van der Waals surface area contributed by atoms with Crippen molar-refractivity contribution in [3.8, 4) is 17.3 Å². The molecule has 0 atom stereocenters. The molecule has 0 saturated heterocycles. The van der Waals surface area contributed by atoms with Crippen LogP contribution in [-0.4, -0.2) is 35.7 Å². The molecule has 0 unspecified atom stereocenters. The lowest BCUT2D eigenvalue weighted by Gasteiger charge is -2.03. The number of aromatic nitrogens is 6. The molecule has 5 rings (SSSR count). The van der Waals surface area contributed by atoms with E-state index in [0.29, 0.717) is 34.3 Å². The molecule has 0 radical (unpaired) electrons. The lowest BCUT2D eigenvalue weighted by molar-refractivity contribution is -0.141. The van der Waals surface area contributed by atoms with Crippen molar-refractivity contribution in [2.24, 2.45) is 7.05 Å². The number of aryl methyl sites for hydroxylation is 1. The third-order valence-corrected chi connectivity index (χ3v) is 5.54. The van der Waals surface area contributed by atoms with Gasteiger partial charge in [0.1, 0.15) is 0 Å². The molecule has 3 aromatic heterocycles. The average molecular weight is 490 g/mol. The SMILES string of the molecule is Cn1nc(C(F)(F)F)cc1-c1ccc2c(C(=O)Nc3cnn(Cc4cccc(C#N)c4)c3)n[nH]c2c1. The van der Waals surface area contributed by atoms with Gasteiger partial charge in [0.15, 0.2) is 11.4 Å². The molecule has 5 aromatic rings. The lowest BCUT2D eigenvalue weighted by Crippen LogP contribution is -2.12. The third-order valence-electron chi connectivity index (χ3n) is 5.54. The summed E-state index contributed by atoms with van der Waals surface area (Å²) in [6.07, 6.45) is -1.39. The Balaban J connectivity index is 1.33. The van der Waals surface area contributed by atoms with Crippen LogP contribution >= 0.6 is 0 Å². The van der Waals surface area contributed by atoms with Gasteiger partial charge in [0.2, 0.25) is 0 Å². The molecule has 0 saturated carbocycles. The topological polar surface area (TPSA) is 117 Å². The molecule has 3 heterocycles. The van der Waals surface area contributed by atoms with Crippen LogP contribution in [0, 0.1) is 11.3 Å². The number of amides is 1. The highest BCUT2D eigenvalue weighted by Gasteiger charge is 2.34. The summed E-state index contributed by atoms with van der Waals surface area (Å²) in [4.78, 5) is 12.9. The van der Waals surface area contributed by atoms with Gasteiger partial charge in [-0.3, -0.25) is 19.3 Å². The normalized spacial score (nSPS) is 11.5. The highest BCUT2D eigenvalue weighted by Crippen LogP contribution is 2.32. The van der Waals surface area contributed by atoms with E-state index in [2.05, 4.69) is 31.8 Å². The van der Waals surface area contributed by atoms with E-state index in [9.17, 15) is 18.0 Å². The Hall–Kier alpha value is -4.92. The van der Waals surface area contributed by atoms with Crippen molar-refractivity contribution in [3.05, 3.63) is 83.4 Å². The zero-order chi connectivity index (χ0) is 25.4. The molecule has 0 aliphatic heterocycles. The predicted octanol–water partition coefficient (Wildman–Crippen LogP) is 4.35. The molecule has 12 heteroatoms. The molecule has 2 N–H and O–H groups in total. The van der Waals surface area contributed by atoms with E-state index >= 15 is 0 Å². The number of nitrogens with one attached hydrogen (secondary N) is 2. The van der Waals surface area contributed by atoms with E-state index in [1.165, 1.54) is 13.2 Å². The minimum atomic E-state index is -4.55. The summed E-state index contributed by atoms with van der Waals surface area (Å²) in [5, 5.41) is 26.9. The van der Waals surface area contributed by atoms with E-state index in [-0.39, 0.29) is 11.4 Å². The zero-order valence-electron chi connectivity index (χ0n) is 18.7. The van der Waals surface area contributed by atoms with Gasteiger partial charge in [-0.1, -0.05) is 18.2 Å². The number of nitrogens with zero attached hydrogens (tertiary/aromatic N) is 6. The second-order valence-electron chi connectivity index (χ2n) is 8.06. The number of rotatable bonds is 5. The van der Waals surface area contributed by atoms with Crippen molar-refractivity contribution in [2.75, 3.05) is 5.32 Å². The zero-order valence-corrected chi connectivity index (χ0v) is 18.7. The number of nitriles is 1. The number of carbonyl (C=O) groups excluding carboxylic acids is 1. The standard InChI is InChI=1S/C24H17F3N8O/c1-34-20(9-21(33-34)24(25,26)27)16-5-6-18-19(8-16)31-32-22(18)23(36)30-17-11-29-35(13-17)12-15-4-2-3-14(7-15)10-28/h2-9,11,13H,12H2,1H3,(H,30,36)(H,31,32). The Morgan fingerprint density at radius 2 is 2.03 bits per heavy atom. The van der Waals surface area contributed by atoms with Crippen LogP contribution in [-0.2, 0) is 19.8 Å². The molecule has 2 aromatic carbocycles. The Labute approximate surface area is 201 Å². The summed E-state index contributed by atoms with van der Waals surface area (Å²) in [6, 6.07) is 15.0. The van der Waals surface area contributed by atoms with Gasteiger partial charge in [0.05, 0.1) is 41.3 Å². The summed E-state index contributed by atoms with van der Waals surface area (Å²) in [5.41, 5.74) is 2.29. The van der Waals surface area contributed by atoms with E-state index in [1.807, 2.05) is 6.07 Å². The van der Waals surface area contributed by atoms with Gasteiger partial charge < -0.3 is 5.32 Å². The summed E-state index contributed by atoms with van der Waals surface area (Å²) in [5.74, 6) is -0.472. The number of alkyl halides is 3. The largest absolute Gasteiger partial charge is 0.435 e. The van der Waals surface area contributed by atoms with Crippen molar-refractivity contribution in [1.82, 2.24) is 29.8 Å². The highest BCUT2D eigenvalue weighted by atomic mass is 19.4. The third kappa shape index (κ3) is 4.41. The number of fused-ring (bicyclic) bond motifs is 1. The quantitative estimate of drug-likeness (QED) is 0.380. The van der Waals surface area contributed by atoms with Crippen molar-refractivity contribution in [3.63, 3.8) is 0 Å². The second-order valence-corrected chi connectivity index (χ2v) is 8.06. The first-order chi connectivity index (χ1) is 17.2. The van der Waals surface area contributed by atoms with Crippen LogP contribution in [0.2, 0.25) is 0 Å². The van der Waals surface area contributed by atoms with Crippen molar-refractivity contribution in [2.45, 2.75) is 12.7 Å². The molecule has 180 valence electrons. The molecule has 0 fully saturated rings. The first-order valence-electron chi connectivity index (χ1n) is 10.6. The van der Waals surface area contributed by atoms with Crippen LogP contribution in [0.15, 0.2) is 60.9 Å². The first-order valence-corrected chi connectivity index (χ1v) is 10.6. The maximum Gasteiger partial charge on any atom is 0.435 e. The molecule has 0 aliphatic carbocycles. The summed E-state index contributed by atoms with van der Waals surface area (Å²) < 4.78 is 41.8. The average Bonchev–Trinajstić information content (AvgIpc) is 3.57. The predicted molar refractivity (Wildman–Crippen MR) is 124 cm³/mol. The highest BCUT2D eigenvalue weighted by molar-refractivity contribution is 6.11. The molecular formula is C24H17F3N8O. The van der Waals surface area contributed by atoms with Gasteiger partial charge >= 0.3 is 6.18 Å². The number of aromatic amines is 1. The van der Waals surface area contributed by atoms with Crippen LogP contribution in [0.25, 0.3) is 22.2 Å². The number of benzene rings is 2. The molecule has 9 nitrogen and oxygen atoms in total. The van der Waals surface area contributed by atoms with Gasteiger partial charge in [-0.05, 0) is 35.9 Å². The van der Waals surface area contributed by atoms with Gasteiger partial charge in [-0.2, -0.15) is 33.7 Å². The van der Waals surface area contributed by atoms with Crippen LogP contribution in [0.4, 0.5) is 18.9 Å². The van der Waals surface area contributed by atoms with Crippen LogP contribution in [0.3, 0.4) is 0 Å². The van der Waals surface area contributed by atoms with E-state index in [0.717, 1.165) is 16.3 Å². The number of carbonyl (C=O) groups is 1. The number of hydrogen-bond donors (Lipinski definition) is 2. The van der Waals surface area contributed by atoms with Crippen LogP contribution in [0.1, 0.15) is 27.3 Å². The summed E-state index contributed by atoms with van der Waals surface area (Å²) >= 11 is 0. The maximum absolute atomic E-state index is 13.0. The fraction of sp³-hybridized carbons (Fsp3) is 0.125. The Morgan fingerprint density at radius 1 is 1.19 bits per heavy atom. The van der Waals surface area contributed by atoms with Crippen LogP contribution in [0.5, 0.6) is 0 Å². The van der Waals surface area contributed by atoms with Crippen LogP contribution < -0.4 is 5.32 Å². The fourth-order valence-corrected chi connectivity index (χ4v) is 3.86. The number of hydrogen-bond acceptors (Lipinski definition) is 5. The van der Waals surface area contributed by atoms with Gasteiger partial charge in [0, 0.05) is 24.2 Å². The minimum Gasteiger partial charge on any atom is -0.318 e. The Morgan fingerprint density at radius 3 is 2.78 bits per heavy atom. The smallest absolute Gasteiger partial charge is 0.318 e. The molecule has 0 spiro atoms.